The van der Waals surface area contributed by atoms with Crippen LogP contribution < -0.4 is 0 Å². The van der Waals surface area contributed by atoms with Crippen molar-refractivity contribution in [1.82, 2.24) is 0 Å². The number of nitrogens with zero attached hydrogens (tertiary/aromatic N) is 1. The van der Waals surface area contributed by atoms with Crippen molar-refractivity contribution >= 4 is 35.5 Å². The second-order valence-electron chi connectivity index (χ2n) is 35.2. The Bertz CT molecular complexity index is 3640. The molecule has 0 saturated carbocycles. The van der Waals surface area contributed by atoms with Gasteiger partial charge in [-0.25, -0.2) is 4.99 Å². The number of rotatable bonds is 23. The van der Waals surface area contributed by atoms with Crippen LogP contribution >= 0.6 is 0 Å². The second-order valence-corrected chi connectivity index (χ2v) is 35.2. The van der Waals surface area contributed by atoms with Crippen LogP contribution in [0.4, 0.5) is 18.9 Å². The number of hydrogen-bond acceptors (Lipinski definition) is 29. The van der Waals surface area contributed by atoms with Crippen LogP contribution in [0.5, 0.6) is 0 Å². The Labute approximate surface area is 698 Å². The summed E-state index contributed by atoms with van der Waals surface area (Å²) in [6.45, 7) is 45.2. The molecule has 2 aromatic carbocycles. The van der Waals surface area contributed by atoms with Crippen molar-refractivity contribution in [2.75, 3.05) is 13.2 Å². The molecule has 32 heteroatoms. The first-order valence-electron chi connectivity index (χ1n) is 42.6. The third-order valence-corrected chi connectivity index (χ3v) is 25.4. The molecular formula is C87H130F3NO28. The van der Waals surface area contributed by atoms with Crippen LogP contribution in [0.25, 0.3) is 0 Å². The second kappa shape index (κ2) is 40.0. The fourth-order valence-electron chi connectivity index (χ4n) is 17.8. The molecule has 0 radical (unpaired) electrons. The molecule has 10 aliphatic heterocycles. The number of aliphatic imine (C=N–C) groups is 1. The van der Waals surface area contributed by atoms with Crippen molar-refractivity contribution in [3.63, 3.8) is 0 Å². The Hall–Kier alpha value is -5.18. The van der Waals surface area contributed by atoms with Gasteiger partial charge >= 0.3 is 30.1 Å². The molecule has 0 bridgehead atoms. The summed E-state index contributed by atoms with van der Waals surface area (Å²) in [5.41, 5.74) is 0.927. The number of benzene rings is 2. The van der Waals surface area contributed by atoms with Gasteiger partial charge in [-0.15, -0.1) is 0 Å². The van der Waals surface area contributed by atoms with Crippen LogP contribution in [0.15, 0.2) is 65.7 Å². The lowest BCUT2D eigenvalue weighted by atomic mass is 9.82. The van der Waals surface area contributed by atoms with Gasteiger partial charge in [0, 0.05) is 51.4 Å². The number of alkyl halides is 3. The van der Waals surface area contributed by atoms with Crippen LogP contribution in [0, 0.1) is 59.2 Å². The molecule has 2 aromatic rings. The molecule has 0 N–H and O–H groups in total. The maximum absolute atomic E-state index is 14.7. The fraction of sp³-hybridized carbons (Fsp3) is 0.805. The zero-order valence-corrected chi connectivity index (χ0v) is 73.3. The monoisotopic (exact) mass is 1690 g/mol. The van der Waals surface area contributed by atoms with Gasteiger partial charge in [0.1, 0.15) is 54.9 Å². The van der Waals surface area contributed by atoms with Crippen molar-refractivity contribution in [3.05, 3.63) is 66.2 Å². The molecule has 16 unspecified atom stereocenters. The summed E-state index contributed by atoms with van der Waals surface area (Å²) < 4.78 is 198. The summed E-state index contributed by atoms with van der Waals surface area (Å²) in [6, 6.07) is 17.3. The van der Waals surface area contributed by atoms with E-state index in [0.717, 1.165) is 5.56 Å². The van der Waals surface area contributed by atoms with Gasteiger partial charge in [0.15, 0.2) is 86.1 Å². The average molecular weight is 1690 g/mol. The number of para-hydroxylation sites is 1. The van der Waals surface area contributed by atoms with Gasteiger partial charge in [-0.2, -0.15) is 13.2 Å². The predicted molar refractivity (Wildman–Crippen MR) is 417 cm³/mol. The molecule has 0 aliphatic carbocycles. The molecule has 0 amide bonds. The minimum absolute atomic E-state index is 0.0165. The van der Waals surface area contributed by atoms with E-state index >= 15 is 0 Å². The highest BCUT2D eigenvalue weighted by Gasteiger charge is 2.63. The molecule has 0 aromatic heterocycles. The van der Waals surface area contributed by atoms with Crippen molar-refractivity contribution in [3.8, 4) is 0 Å². The van der Waals surface area contributed by atoms with Crippen LogP contribution in [0.3, 0.4) is 0 Å². The van der Waals surface area contributed by atoms with E-state index in [1.807, 2.05) is 99.6 Å². The molecule has 10 aliphatic rings. The first kappa shape index (κ1) is 94.5. The zero-order valence-electron chi connectivity index (χ0n) is 73.3. The Morgan fingerprint density at radius 1 is 0.378 bits per heavy atom. The smallest absolute Gasteiger partial charge is 0.457 e. The van der Waals surface area contributed by atoms with E-state index in [1.54, 1.807) is 45.9 Å². The number of carbonyl (C=O) groups excluding carboxylic acids is 4. The van der Waals surface area contributed by atoms with E-state index in [2.05, 4.69) is 46.5 Å². The number of ether oxygens (including phenoxy) is 24. The van der Waals surface area contributed by atoms with Gasteiger partial charge in [-0.05, 0) is 121 Å². The lowest BCUT2D eigenvalue weighted by Crippen LogP contribution is -2.66. The molecule has 119 heavy (non-hydrogen) atoms. The van der Waals surface area contributed by atoms with Crippen LogP contribution in [-0.4, -0.2) is 233 Å². The lowest BCUT2D eigenvalue weighted by Gasteiger charge is -2.51. The Morgan fingerprint density at radius 2 is 0.723 bits per heavy atom. The van der Waals surface area contributed by atoms with Crippen molar-refractivity contribution in [2.24, 2.45) is 64.2 Å². The Morgan fingerprint density at radius 3 is 1.12 bits per heavy atom. The van der Waals surface area contributed by atoms with E-state index in [-0.39, 0.29) is 71.8 Å². The molecule has 10 heterocycles. The average Bonchev–Trinajstić information content (AvgIpc) is 1.72. The van der Waals surface area contributed by atoms with E-state index in [4.69, 9.17) is 114 Å². The van der Waals surface area contributed by atoms with Gasteiger partial charge in [-0.1, -0.05) is 132 Å². The third-order valence-electron chi connectivity index (χ3n) is 25.4. The summed E-state index contributed by atoms with van der Waals surface area (Å²) in [6.07, 6.45) is -30.2. The number of halogens is 3. The van der Waals surface area contributed by atoms with Crippen LogP contribution in [-0.2, 0) is 139 Å². The fourth-order valence-corrected chi connectivity index (χ4v) is 17.8. The van der Waals surface area contributed by atoms with E-state index in [9.17, 15) is 32.3 Å². The van der Waals surface area contributed by atoms with Crippen LogP contribution in [0.2, 0.25) is 0 Å². The van der Waals surface area contributed by atoms with Gasteiger partial charge in [-0.3, -0.25) is 19.2 Å². The van der Waals surface area contributed by atoms with Crippen molar-refractivity contribution in [1.29, 1.82) is 0 Å². The SMILES string of the molecule is CCC1O[C@@H](O[C@@H]2C(OC(C)=O)[C@H](O[C@@H]3C(OC(=Nc4ccccc4)C(F)(F)F)OC(C)[C@@H]4OC(C)(C)OC34)OC(C)[C@@H]2O[C@@H]2OC[C@@H](C)C(C)[C@@H]2C)[C@@H](OC(C)=O)C(C)[C@@H]1C.CCC1O[C@@H](O[C@@H]2C(OC(C)=O)[C@H](O[C@@H]3C(OCc4ccccc4)OC(C)[C@@H]4OC(C)(C)OC34)OC(C)[C@@H]2O[C@@H]2OC[C@@H](C)C(C)[C@@H]2C)[C@@H](OC(C)=O)C(C)[C@@H]1C. The molecule has 29 nitrogen and oxygen atoms in total. The Kier molecular flexibility index (Phi) is 31.8. The summed E-state index contributed by atoms with van der Waals surface area (Å²) >= 11 is 0. The van der Waals surface area contributed by atoms with E-state index in [1.165, 1.54) is 39.8 Å². The summed E-state index contributed by atoms with van der Waals surface area (Å²) in [5, 5.41) is 0. The van der Waals surface area contributed by atoms with Gasteiger partial charge < -0.3 is 114 Å². The highest BCUT2D eigenvalue weighted by molar-refractivity contribution is 5.84. The summed E-state index contributed by atoms with van der Waals surface area (Å²) in [4.78, 5) is 55.0. The van der Waals surface area contributed by atoms with Gasteiger partial charge in [0.25, 0.3) is 5.90 Å². The molecular weight excluding hydrogens is 1560 g/mol. The topological polar surface area (TPSA) is 302 Å². The van der Waals surface area contributed by atoms with Gasteiger partial charge in [0.05, 0.1) is 62.1 Å². The normalized spacial score (nSPS) is 43.4. The van der Waals surface area contributed by atoms with E-state index in [0.29, 0.717) is 37.9 Å². The lowest BCUT2D eigenvalue weighted by molar-refractivity contribution is -0.388. The van der Waals surface area contributed by atoms with Crippen molar-refractivity contribution < 1.29 is 146 Å². The minimum atomic E-state index is -5.06. The number of carbonyl (C=O) groups is 4. The van der Waals surface area contributed by atoms with Crippen molar-refractivity contribution in [2.45, 2.75) is 376 Å². The predicted octanol–water partition coefficient (Wildman–Crippen LogP) is 12.9. The molecule has 10 saturated heterocycles. The maximum atomic E-state index is 14.7. The number of hydrogen-bond donors (Lipinski definition) is 0. The first-order chi connectivity index (χ1) is 56.0. The highest BCUT2D eigenvalue weighted by Crippen LogP contribution is 2.48. The number of fused-ring (bicyclic) bond motifs is 2. The molecule has 12 rings (SSSR count). The van der Waals surface area contributed by atoms with Crippen LogP contribution in [0.1, 0.15) is 185 Å². The zero-order chi connectivity index (χ0) is 86.8. The standard InChI is InChI=1S/C44H64F3NO14.C43H66O14/c1-13-30-22(4)23(5)31(54-27(9)49)39(56-30)58-34-32(57-38-24(6)21(3)20(2)19-51-38)25(7)52-40(36(34)55-28(10)50)59-37-35-33(61-43(11,12)62-35)26(8)53-41(37)60-42(44(45,46)47)48-29-17-15-14-16-18-29;1-13-31-23(4)24(5)32(50-28(9)44)41(52-31)54-35-33(53-39-25(6)22(3)21(2)19-46-39)26(7)49-42(37(35)51-29(10)45)55-38-36-34(56-43(11,12)57-36)27(8)48-40(38)47-20-30-17-15-14-16-18-30/h14-18,20-26,30-41H,13,19H2,1-12H3;14-18,21-27,31-42H,13,19-20H2,1-12H3/t20-,21?,22+,23?,24+,25?,26?,30?,31+,32+,33+,34+,35?,36?,37+,38+,39+,40+,41?;21-,22?,23+,24?,25+,26?,27?,31?,32+,33+,34+,35+,36?,37?,38+,39+,40?,41+,42+/m11/s1. The highest BCUT2D eigenvalue weighted by atomic mass is 19.4. The molecule has 10 fully saturated rings. The largest absolute Gasteiger partial charge is 0.468 e. The quantitative estimate of drug-likeness (QED) is 0.0432. The minimum Gasteiger partial charge on any atom is -0.457 e. The number of esters is 4. The Balaban J connectivity index is 0.000000234. The summed E-state index contributed by atoms with van der Waals surface area (Å²) in [7, 11) is 0. The molecule has 38 atom stereocenters. The first-order valence-corrected chi connectivity index (χ1v) is 42.6. The third kappa shape index (κ3) is 22.6. The maximum Gasteiger partial charge on any atom is 0.468 e. The van der Waals surface area contributed by atoms with Gasteiger partial charge in [0.2, 0.25) is 6.29 Å². The molecule has 672 valence electrons. The molecule has 0 spiro atoms. The summed E-state index contributed by atoms with van der Waals surface area (Å²) in [5.74, 6) is -5.42. The van der Waals surface area contributed by atoms with E-state index < -0.39 is 208 Å².